The molecule has 0 spiro atoms. The molecule has 0 amide bonds. The van der Waals surface area contributed by atoms with Crippen LogP contribution in [0, 0.1) is 0 Å². The first-order valence-electron chi connectivity index (χ1n) is 0.333. The van der Waals surface area contributed by atoms with E-state index in [0.717, 1.165) is 0 Å². The standard InChI is InChI=1S/O2Te.Te/c1-3-2;. The van der Waals surface area contributed by atoms with Gasteiger partial charge in [0, 0.05) is 23.7 Å². The molecule has 0 aliphatic rings. The van der Waals surface area contributed by atoms with E-state index in [0.29, 0.717) is 0 Å². The first kappa shape index (κ1) is 8.95. The Bertz CT molecular complexity index is 25.0. The molecule has 0 atom stereocenters. The Kier molecular flexibility index (Phi) is 19.9. The van der Waals surface area contributed by atoms with E-state index in [-0.39, 0.29) is 23.7 Å². The summed E-state index contributed by atoms with van der Waals surface area (Å²) in [6.45, 7) is 0. The van der Waals surface area contributed by atoms with Gasteiger partial charge in [-0.05, 0) is 0 Å². The molecule has 0 aromatic carbocycles. The molecule has 0 aliphatic heterocycles. The van der Waals surface area contributed by atoms with Gasteiger partial charge in [-0.25, -0.2) is 0 Å². The topological polar surface area (TPSA) is 34.1 Å². The first-order valence-corrected chi connectivity index (χ1v) is 2.24. The SMILES string of the molecule is O=[Te]=O.[Te]. The van der Waals surface area contributed by atoms with Crippen molar-refractivity contribution in [3.63, 3.8) is 0 Å². The van der Waals surface area contributed by atoms with Crippen molar-refractivity contribution in [2.24, 2.45) is 0 Å². The average molecular weight is 287 g/mol. The number of hydrogen-bond donors (Lipinski definition) is 0. The second kappa shape index (κ2) is 8.89. The summed E-state index contributed by atoms with van der Waals surface area (Å²) in [5.74, 6) is 0. The fourth-order valence-corrected chi connectivity index (χ4v) is 0. The zero-order valence-electron chi connectivity index (χ0n) is 1.63. The van der Waals surface area contributed by atoms with Crippen LogP contribution in [0.25, 0.3) is 0 Å². The van der Waals surface area contributed by atoms with E-state index in [4.69, 9.17) is 6.21 Å². The Hall–Kier alpha value is 1.18. The maximum atomic E-state index is 8.50. The predicted molar refractivity (Wildman–Crippen MR) is 12.9 cm³/mol. The third kappa shape index (κ3) is 10.9. The summed E-state index contributed by atoms with van der Waals surface area (Å²) in [6, 6.07) is 0. The van der Waals surface area contributed by atoms with Gasteiger partial charge in [-0.1, -0.05) is 0 Å². The Morgan fingerprint density at radius 3 is 1.25 bits per heavy atom. The van der Waals surface area contributed by atoms with Crippen LogP contribution >= 0.6 is 0 Å². The Labute approximate surface area is 50.5 Å². The van der Waals surface area contributed by atoms with Crippen molar-refractivity contribution in [1.82, 2.24) is 0 Å². The molecule has 0 saturated carbocycles. The molecule has 0 aromatic rings. The van der Waals surface area contributed by atoms with E-state index in [9.17, 15) is 0 Å². The van der Waals surface area contributed by atoms with Crippen LogP contribution in [-0.4, -0.2) is 44.6 Å². The van der Waals surface area contributed by atoms with E-state index in [2.05, 4.69) is 0 Å². The fraction of sp³-hybridized carbons (Fsp3) is 0. The molecule has 4 heavy (non-hydrogen) atoms. The van der Waals surface area contributed by atoms with Crippen molar-refractivity contribution in [3.05, 3.63) is 0 Å². The van der Waals surface area contributed by atoms with Crippen LogP contribution in [0.15, 0.2) is 0 Å². The van der Waals surface area contributed by atoms with E-state index < -0.39 is 20.9 Å². The molecule has 0 fully saturated rings. The Balaban J connectivity index is 0. The maximum Gasteiger partial charge on any atom is 0 e. The van der Waals surface area contributed by atoms with Gasteiger partial charge in [-0.15, -0.1) is 0 Å². The van der Waals surface area contributed by atoms with Gasteiger partial charge in [0.25, 0.3) is 0 Å². The zero-order chi connectivity index (χ0) is 2.71. The molecule has 0 saturated heterocycles. The molecule has 4 heteroatoms. The van der Waals surface area contributed by atoms with Gasteiger partial charge in [-0.2, -0.15) is 0 Å². The van der Waals surface area contributed by atoms with Gasteiger partial charge in [0.05, 0.1) is 0 Å². The van der Waals surface area contributed by atoms with E-state index in [1.807, 2.05) is 0 Å². The fourth-order valence-electron chi connectivity index (χ4n) is 0. The van der Waals surface area contributed by atoms with Crippen LogP contribution in [0.5, 0.6) is 0 Å². The third-order valence-electron chi connectivity index (χ3n) is 0. The predicted octanol–water partition coefficient (Wildman–Crippen LogP) is -0.999. The summed E-state index contributed by atoms with van der Waals surface area (Å²) in [5.41, 5.74) is 0. The monoisotopic (exact) mass is 292 g/mol. The zero-order valence-corrected chi connectivity index (χ0v) is 6.29. The first-order chi connectivity index (χ1) is 1.41. The average Bonchev–Trinajstić information content (AvgIpc) is 0.918. The Morgan fingerprint density at radius 2 is 1.25 bits per heavy atom. The van der Waals surface area contributed by atoms with Crippen molar-refractivity contribution >= 4 is 44.6 Å². The smallest absolute Gasteiger partial charge is 0 e. The van der Waals surface area contributed by atoms with Crippen molar-refractivity contribution in [1.29, 1.82) is 0 Å². The molecular weight excluding hydrogens is 287 g/mol. The van der Waals surface area contributed by atoms with Crippen LogP contribution in [0.3, 0.4) is 0 Å². The van der Waals surface area contributed by atoms with Gasteiger partial charge in [0.2, 0.25) is 0 Å². The van der Waals surface area contributed by atoms with E-state index in [1.165, 1.54) is 0 Å². The summed E-state index contributed by atoms with van der Waals surface area (Å²) < 4.78 is 17.0. The molecule has 2 nitrogen and oxygen atoms in total. The normalized spacial score (nSPS) is 3.00. The third-order valence-corrected chi connectivity index (χ3v) is 0. The Morgan fingerprint density at radius 1 is 1.25 bits per heavy atom. The van der Waals surface area contributed by atoms with Gasteiger partial charge in [-0.3, -0.25) is 0 Å². The van der Waals surface area contributed by atoms with Crippen molar-refractivity contribution in [2.45, 2.75) is 0 Å². The molecule has 0 aromatic heterocycles. The summed E-state index contributed by atoms with van der Waals surface area (Å²) in [5, 5.41) is 0. The summed E-state index contributed by atoms with van der Waals surface area (Å²) in [6.07, 6.45) is 0. The number of hydrogen-bond acceptors (Lipinski definition) is 2. The second-order valence-corrected chi connectivity index (χ2v) is 0.456. The molecule has 0 unspecified atom stereocenters. The molecule has 2 radical (unpaired) electrons. The largest absolute Gasteiger partial charge is 0 e. The van der Waals surface area contributed by atoms with Crippen LogP contribution in [0.2, 0.25) is 0 Å². The van der Waals surface area contributed by atoms with Gasteiger partial charge >= 0.3 is 27.1 Å². The summed E-state index contributed by atoms with van der Waals surface area (Å²) in [7, 11) is 0. The minimum absolute atomic E-state index is 0. The molecule has 0 heterocycles. The molecule has 0 aliphatic carbocycles. The minimum atomic E-state index is -2.03. The molecule has 24 valence electrons. The molecular formula is O2Te2. The van der Waals surface area contributed by atoms with Gasteiger partial charge in [0.15, 0.2) is 0 Å². The van der Waals surface area contributed by atoms with Crippen molar-refractivity contribution < 1.29 is 6.21 Å². The maximum absolute atomic E-state index is 8.50. The molecule has 0 N–H and O–H groups in total. The van der Waals surface area contributed by atoms with E-state index >= 15 is 0 Å². The van der Waals surface area contributed by atoms with Crippen molar-refractivity contribution in [3.8, 4) is 0 Å². The van der Waals surface area contributed by atoms with Crippen LogP contribution in [0.4, 0.5) is 0 Å². The van der Waals surface area contributed by atoms with Crippen LogP contribution in [0.1, 0.15) is 0 Å². The van der Waals surface area contributed by atoms with E-state index in [1.54, 1.807) is 0 Å². The minimum Gasteiger partial charge on any atom is 0 e. The number of rotatable bonds is 0. The second-order valence-electron chi connectivity index (χ2n) is 0.0680. The summed E-state index contributed by atoms with van der Waals surface area (Å²) >= 11 is -2.03. The van der Waals surface area contributed by atoms with Gasteiger partial charge < -0.3 is 0 Å². The van der Waals surface area contributed by atoms with Crippen LogP contribution < -0.4 is 0 Å². The van der Waals surface area contributed by atoms with Crippen LogP contribution in [-0.2, 0) is 6.21 Å². The quantitative estimate of drug-likeness (QED) is 0.536. The molecule has 0 bridgehead atoms. The summed E-state index contributed by atoms with van der Waals surface area (Å²) in [4.78, 5) is 0. The van der Waals surface area contributed by atoms with Gasteiger partial charge in [0.1, 0.15) is 0 Å². The van der Waals surface area contributed by atoms with Crippen molar-refractivity contribution in [2.75, 3.05) is 0 Å². The molecule has 0 rings (SSSR count).